The third-order valence-corrected chi connectivity index (χ3v) is 5.02. The molecule has 1 heterocycles. The van der Waals surface area contributed by atoms with Gasteiger partial charge in [-0.05, 0) is 44.4 Å². The molecule has 1 saturated heterocycles. The largest absolute Gasteiger partial charge is 0.458 e. The van der Waals surface area contributed by atoms with E-state index in [2.05, 4.69) is 20.4 Å². The second-order valence-corrected chi connectivity index (χ2v) is 6.16. The van der Waals surface area contributed by atoms with Gasteiger partial charge in [0.25, 0.3) is 0 Å². The van der Waals surface area contributed by atoms with Crippen LogP contribution < -0.4 is 0 Å². The molecule has 0 radical (unpaired) electrons. The van der Waals surface area contributed by atoms with E-state index in [9.17, 15) is 4.79 Å². The number of hydrogen-bond donors (Lipinski definition) is 0. The van der Waals surface area contributed by atoms with Crippen molar-refractivity contribution >= 4 is 5.97 Å². The minimum Gasteiger partial charge on any atom is -0.458 e. The molecule has 0 aromatic carbocycles. The second kappa shape index (κ2) is 3.47. The minimum atomic E-state index is -0.166. The fourth-order valence-electron chi connectivity index (χ4n) is 3.98. The molecule has 0 aromatic heterocycles. The first-order valence-corrected chi connectivity index (χ1v) is 6.60. The predicted molar refractivity (Wildman–Crippen MR) is 66.4 cm³/mol. The zero-order valence-electron chi connectivity index (χ0n) is 10.7. The highest BCUT2D eigenvalue weighted by Gasteiger charge is 2.49. The van der Waals surface area contributed by atoms with E-state index < -0.39 is 0 Å². The van der Waals surface area contributed by atoms with Crippen molar-refractivity contribution in [2.75, 3.05) is 0 Å². The van der Waals surface area contributed by atoms with Gasteiger partial charge in [-0.25, -0.2) is 4.79 Å². The van der Waals surface area contributed by atoms with Gasteiger partial charge in [-0.3, -0.25) is 0 Å². The molecule has 0 N–H and O–H groups in total. The number of fused-ring (bicyclic) bond motifs is 2. The Labute approximate surface area is 103 Å². The van der Waals surface area contributed by atoms with Crippen molar-refractivity contribution in [3.05, 3.63) is 23.3 Å². The number of hydrogen-bond acceptors (Lipinski definition) is 2. The predicted octanol–water partition coefficient (Wildman–Crippen LogP) is 3.38. The summed E-state index contributed by atoms with van der Waals surface area (Å²) >= 11 is 0. The Morgan fingerprint density at radius 2 is 2.24 bits per heavy atom. The summed E-state index contributed by atoms with van der Waals surface area (Å²) in [6.45, 7) is 8.51. The van der Waals surface area contributed by atoms with Gasteiger partial charge in [-0.2, -0.15) is 0 Å². The Morgan fingerprint density at radius 1 is 1.47 bits per heavy atom. The Balaban J connectivity index is 1.98. The van der Waals surface area contributed by atoms with E-state index in [4.69, 9.17) is 4.74 Å². The highest BCUT2D eigenvalue weighted by Crippen LogP contribution is 2.54. The Kier molecular flexibility index (Phi) is 2.26. The van der Waals surface area contributed by atoms with Crippen LogP contribution in [-0.2, 0) is 9.53 Å². The quantitative estimate of drug-likeness (QED) is 0.363. The molecule has 2 nitrogen and oxygen atoms in total. The lowest BCUT2D eigenvalue weighted by atomic mass is 9.60. The van der Waals surface area contributed by atoms with Crippen LogP contribution in [0.15, 0.2) is 23.3 Å². The molecule has 1 saturated carbocycles. The molecule has 92 valence electrons. The van der Waals surface area contributed by atoms with Crippen LogP contribution in [0.2, 0.25) is 0 Å². The van der Waals surface area contributed by atoms with Gasteiger partial charge < -0.3 is 4.74 Å². The molecule has 3 rings (SSSR count). The lowest BCUT2D eigenvalue weighted by Crippen LogP contribution is -2.37. The summed E-state index contributed by atoms with van der Waals surface area (Å²) in [5.41, 5.74) is 4.10. The number of carbonyl (C=O) groups is 1. The smallest absolute Gasteiger partial charge is 0.334 e. The van der Waals surface area contributed by atoms with E-state index >= 15 is 0 Å². The molecule has 0 bridgehead atoms. The van der Waals surface area contributed by atoms with Gasteiger partial charge in [-0.15, -0.1) is 0 Å². The van der Waals surface area contributed by atoms with Crippen LogP contribution in [0, 0.1) is 11.3 Å². The first-order valence-electron chi connectivity index (χ1n) is 6.60. The van der Waals surface area contributed by atoms with E-state index in [-0.39, 0.29) is 23.4 Å². The molecular formula is C15H20O2. The van der Waals surface area contributed by atoms with E-state index in [1.807, 2.05) is 0 Å². The molecule has 2 heteroatoms. The summed E-state index contributed by atoms with van der Waals surface area (Å²) in [5, 5.41) is 0. The Hall–Kier alpha value is -1.05. The molecule has 3 aliphatic rings. The van der Waals surface area contributed by atoms with Crippen LogP contribution >= 0.6 is 0 Å². The van der Waals surface area contributed by atoms with E-state index in [1.54, 1.807) is 11.1 Å². The van der Waals surface area contributed by atoms with Gasteiger partial charge in [0.2, 0.25) is 0 Å². The molecule has 2 aliphatic carbocycles. The summed E-state index contributed by atoms with van der Waals surface area (Å²) in [7, 11) is 0. The lowest BCUT2D eigenvalue weighted by molar-refractivity contribution is -0.140. The molecule has 0 amide bonds. The van der Waals surface area contributed by atoms with Crippen LogP contribution in [0.1, 0.15) is 46.0 Å². The summed E-state index contributed by atoms with van der Waals surface area (Å²) in [6.07, 6.45) is 5.83. The van der Waals surface area contributed by atoms with Gasteiger partial charge in [0, 0.05) is 11.5 Å². The topological polar surface area (TPSA) is 26.3 Å². The van der Waals surface area contributed by atoms with Crippen LogP contribution in [0.4, 0.5) is 0 Å². The monoisotopic (exact) mass is 232 g/mol. The highest BCUT2D eigenvalue weighted by molar-refractivity contribution is 5.91. The van der Waals surface area contributed by atoms with Crippen molar-refractivity contribution in [1.82, 2.24) is 0 Å². The van der Waals surface area contributed by atoms with Gasteiger partial charge >= 0.3 is 5.97 Å². The number of ether oxygens (including phenoxy) is 1. The average molecular weight is 232 g/mol. The lowest BCUT2D eigenvalue weighted by Gasteiger charge is -2.45. The van der Waals surface area contributed by atoms with Crippen LogP contribution in [0.3, 0.4) is 0 Å². The summed E-state index contributed by atoms with van der Waals surface area (Å²) in [4.78, 5) is 11.6. The van der Waals surface area contributed by atoms with Crippen molar-refractivity contribution < 1.29 is 9.53 Å². The third-order valence-electron chi connectivity index (χ3n) is 5.02. The Bertz CT molecular complexity index is 432. The first-order chi connectivity index (χ1) is 8.01. The van der Waals surface area contributed by atoms with Crippen LogP contribution in [0.25, 0.3) is 0 Å². The van der Waals surface area contributed by atoms with E-state index in [0.29, 0.717) is 5.57 Å². The fraction of sp³-hybridized carbons (Fsp3) is 0.667. The normalized spacial score (nSPS) is 41.1. The number of rotatable bonds is 0. The number of allylic oxidation sites excluding steroid dienone is 2. The van der Waals surface area contributed by atoms with Crippen molar-refractivity contribution in [2.45, 2.75) is 52.1 Å². The minimum absolute atomic E-state index is 0.0923. The molecule has 17 heavy (non-hydrogen) atoms. The molecule has 3 atom stereocenters. The summed E-state index contributed by atoms with van der Waals surface area (Å²) < 4.78 is 5.47. The van der Waals surface area contributed by atoms with Gasteiger partial charge in [0.15, 0.2) is 0 Å². The molecule has 0 spiro atoms. The van der Waals surface area contributed by atoms with Crippen LogP contribution in [0.5, 0.6) is 0 Å². The molecular weight excluding hydrogens is 212 g/mol. The number of carbonyl (C=O) groups excluding carboxylic acids is 1. The standard InChI is InChI=1S/C15H20O2/c1-9-5-4-6-15(3)8-13-11(7-12(9)15)10(2)14(16)17-13/h11,13H,2,4-8H2,1,3H3/t11-,13-,15-/m0/s1. The van der Waals surface area contributed by atoms with Crippen LogP contribution in [-0.4, -0.2) is 12.1 Å². The van der Waals surface area contributed by atoms with E-state index in [0.717, 1.165) is 12.8 Å². The molecule has 1 aliphatic heterocycles. The maximum atomic E-state index is 11.6. The fourth-order valence-corrected chi connectivity index (χ4v) is 3.98. The van der Waals surface area contributed by atoms with E-state index in [1.165, 1.54) is 19.3 Å². The first kappa shape index (κ1) is 11.1. The summed E-state index contributed by atoms with van der Waals surface area (Å²) in [5.74, 6) is 0.0825. The average Bonchev–Trinajstić information content (AvgIpc) is 2.52. The zero-order valence-corrected chi connectivity index (χ0v) is 10.7. The number of esters is 1. The second-order valence-electron chi connectivity index (χ2n) is 6.16. The van der Waals surface area contributed by atoms with Crippen molar-refractivity contribution in [1.29, 1.82) is 0 Å². The SMILES string of the molecule is C=C1C(=O)O[C@H]2C[C@]3(C)CCCC(C)=C3C[C@@H]12. The molecule has 2 fully saturated rings. The van der Waals surface area contributed by atoms with Gasteiger partial charge in [0.1, 0.15) is 6.10 Å². The maximum Gasteiger partial charge on any atom is 0.334 e. The maximum absolute atomic E-state index is 11.6. The van der Waals surface area contributed by atoms with Gasteiger partial charge in [-0.1, -0.05) is 24.6 Å². The third kappa shape index (κ3) is 1.50. The molecule has 0 unspecified atom stereocenters. The Morgan fingerprint density at radius 3 is 3.00 bits per heavy atom. The van der Waals surface area contributed by atoms with Crippen molar-refractivity contribution in [3.8, 4) is 0 Å². The summed E-state index contributed by atoms with van der Waals surface area (Å²) in [6, 6.07) is 0. The van der Waals surface area contributed by atoms with Gasteiger partial charge in [0.05, 0.1) is 0 Å². The highest BCUT2D eigenvalue weighted by atomic mass is 16.6. The van der Waals surface area contributed by atoms with Crippen molar-refractivity contribution in [2.24, 2.45) is 11.3 Å². The zero-order chi connectivity index (χ0) is 12.2. The van der Waals surface area contributed by atoms with Crippen molar-refractivity contribution in [3.63, 3.8) is 0 Å². The molecule has 0 aromatic rings.